The normalized spacial score (nSPS) is 16.6. The fraction of sp³-hybridized carbons (Fsp3) is 0.348. The minimum absolute atomic E-state index is 0.233. The van der Waals surface area contributed by atoms with Gasteiger partial charge in [0.15, 0.2) is 11.5 Å². The summed E-state index contributed by atoms with van der Waals surface area (Å²) in [4.78, 5) is 16.9. The Balaban J connectivity index is 1.19. The van der Waals surface area contributed by atoms with E-state index < -0.39 is 0 Å². The average Bonchev–Trinajstić information content (AvgIpc) is 3.21. The largest absolute Gasteiger partial charge is 0.454 e. The Morgan fingerprint density at radius 2 is 1.75 bits per heavy atom. The molecule has 4 rings (SSSR count). The molecule has 28 heavy (non-hydrogen) atoms. The van der Waals surface area contributed by atoms with Crippen LogP contribution in [-0.2, 0) is 11.2 Å². The van der Waals surface area contributed by atoms with Crippen molar-refractivity contribution in [1.29, 1.82) is 0 Å². The van der Waals surface area contributed by atoms with Crippen LogP contribution in [-0.4, -0.2) is 55.2 Å². The Hall–Kier alpha value is -2.79. The number of piperazine rings is 1. The molecule has 0 unspecified atom stereocenters. The highest BCUT2D eigenvalue weighted by atomic mass is 16.7. The molecule has 1 amide bonds. The second kappa shape index (κ2) is 8.93. The van der Waals surface area contributed by atoms with E-state index in [9.17, 15) is 4.79 Å². The minimum Gasteiger partial charge on any atom is -0.454 e. The van der Waals surface area contributed by atoms with Crippen LogP contribution < -0.4 is 9.47 Å². The second-order valence-corrected chi connectivity index (χ2v) is 7.18. The molecule has 0 radical (unpaired) electrons. The van der Waals surface area contributed by atoms with E-state index in [2.05, 4.69) is 29.2 Å². The van der Waals surface area contributed by atoms with E-state index in [1.165, 1.54) is 5.56 Å². The molecule has 1 saturated heterocycles. The van der Waals surface area contributed by atoms with Crippen molar-refractivity contribution >= 4 is 12.0 Å². The van der Waals surface area contributed by atoms with Gasteiger partial charge in [0.2, 0.25) is 12.7 Å². The number of nitrogens with zero attached hydrogens (tertiary/aromatic N) is 2. The quantitative estimate of drug-likeness (QED) is 0.774. The maximum atomic E-state index is 12.5. The van der Waals surface area contributed by atoms with Crippen LogP contribution in [0.5, 0.6) is 11.5 Å². The summed E-state index contributed by atoms with van der Waals surface area (Å²) in [6.07, 6.45) is 5.62. The smallest absolute Gasteiger partial charge is 0.231 e. The maximum absolute atomic E-state index is 12.5. The summed E-state index contributed by atoms with van der Waals surface area (Å²) in [6.45, 7) is 4.67. The van der Waals surface area contributed by atoms with Gasteiger partial charge in [0, 0.05) is 39.1 Å². The molecule has 2 heterocycles. The summed E-state index contributed by atoms with van der Waals surface area (Å²) in [6, 6.07) is 16.2. The molecule has 0 N–H and O–H groups in total. The van der Waals surface area contributed by atoms with E-state index in [1.54, 1.807) is 0 Å². The zero-order chi connectivity index (χ0) is 19.2. The zero-order valence-corrected chi connectivity index (χ0v) is 16.0. The molecule has 0 atom stereocenters. The fourth-order valence-electron chi connectivity index (χ4n) is 3.59. The monoisotopic (exact) mass is 378 g/mol. The van der Waals surface area contributed by atoms with Gasteiger partial charge in [-0.1, -0.05) is 48.6 Å². The van der Waals surface area contributed by atoms with Crippen LogP contribution in [0.2, 0.25) is 0 Å². The molecule has 2 aromatic rings. The summed E-state index contributed by atoms with van der Waals surface area (Å²) in [5.41, 5.74) is 2.34. The van der Waals surface area contributed by atoms with E-state index in [-0.39, 0.29) is 12.7 Å². The Labute approximate surface area is 166 Å². The lowest BCUT2D eigenvalue weighted by atomic mass is 10.1. The minimum atomic E-state index is 0.233. The lowest BCUT2D eigenvalue weighted by Gasteiger charge is -2.34. The van der Waals surface area contributed by atoms with Gasteiger partial charge in [0.05, 0.1) is 0 Å². The third-order valence-electron chi connectivity index (χ3n) is 5.26. The summed E-state index contributed by atoms with van der Waals surface area (Å²) >= 11 is 0. The van der Waals surface area contributed by atoms with Gasteiger partial charge in [-0.3, -0.25) is 9.69 Å². The number of carbonyl (C=O) groups excluding carboxylic acids is 1. The molecule has 146 valence electrons. The third-order valence-corrected chi connectivity index (χ3v) is 5.26. The van der Waals surface area contributed by atoms with E-state index in [0.717, 1.165) is 56.2 Å². The van der Waals surface area contributed by atoms with Crippen molar-refractivity contribution in [2.24, 2.45) is 0 Å². The first kappa shape index (κ1) is 18.6. The number of hydrogen-bond acceptors (Lipinski definition) is 4. The Kier molecular flexibility index (Phi) is 5.92. The predicted octanol–water partition coefficient (Wildman–Crippen LogP) is 3.21. The lowest BCUT2D eigenvalue weighted by Crippen LogP contribution is -2.48. The van der Waals surface area contributed by atoms with Crippen LogP contribution in [0.25, 0.3) is 6.08 Å². The molecule has 0 aliphatic carbocycles. The molecule has 2 aliphatic heterocycles. The van der Waals surface area contributed by atoms with E-state index in [1.807, 2.05) is 41.3 Å². The number of carbonyl (C=O) groups is 1. The molecule has 2 aliphatic rings. The Bertz CT molecular complexity index is 827. The van der Waals surface area contributed by atoms with Crippen LogP contribution in [0.1, 0.15) is 17.5 Å². The highest BCUT2D eigenvalue weighted by Gasteiger charge is 2.20. The first-order chi connectivity index (χ1) is 13.8. The summed E-state index contributed by atoms with van der Waals surface area (Å²) < 4.78 is 10.7. The van der Waals surface area contributed by atoms with Gasteiger partial charge in [-0.15, -0.1) is 0 Å². The van der Waals surface area contributed by atoms with Gasteiger partial charge in [-0.05, 0) is 29.7 Å². The van der Waals surface area contributed by atoms with Crippen LogP contribution in [0.4, 0.5) is 0 Å². The van der Waals surface area contributed by atoms with Gasteiger partial charge in [-0.2, -0.15) is 0 Å². The number of amides is 1. The fourth-order valence-corrected chi connectivity index (χ4v) is 3.59. The zero-order valence-electron chi connectivity index (χ0n) is 16.0. The first-order valence-corrected chi connectivity index (χ1v) is 9.88. The molecule has 5 heteroatoms. The number of rotatable bonds is 6. The number of aryl methyl sites for hydroxylation is 1. The van der Waals surface area contributed by atoms with Crippen LogP contribution >= 0.6 is 0 Å². The number of benzene rings is 2. The topological polar surface area (TPSA) is 42.0 Å². The second-order valence-electron chi connectivity index (χ2n) is 7.18. The van der Waals surface area contributed by atoms with Crippen molar-refractivity contribution in [2.75, 3.05) is 39.5 Å². The average molecular weight is 378 g/mol. The van der Waals surface area contributed by atoms with Crippen molar-refractivity contribution in [3.63, 3.8) is 0 Å². The summed E-state index contributed by atoms with van der Waals surface area (Å²) in [7, 11) is 0. The Morgan fingerprint density at radius 3 is 2.57 bits per heavy atom. The SMILES string of the molecule is O=C(CCc1ccc2c(c1)OCO2)N1CCN(C/C=C/c2ccccc2)CC1. The van der Waals surface area contributed by atoms with Crippen LogP contribution in [0, 0.1) is 0 Å². The molecule has 0 bridgehead atoms. The van der Waals surface area contributed by atoms with Gasteiger partial charge >= 0.3 is 0 Å². The molecule has 2 aromatic carbocycles. The molecule has 5 nitrogen and oxygen atoms in total. The molecule has 0 spiro atoms. The first-order valence-electron chi connectivity index (χ1n) is 9.88. The molecule has 0 aromatic heterocycles. The van der Waals surface area contributed by atoms with Crippen molar-refractivity contribution in [1.82, 2.24) is 9.80 Å². The van der Waals surface area contributed by atoms with E-state index in [0.29, 0.717) is 6.42 Å². The van der Waals surface area contributed by atoms with Gasteiger partial charge in [-0.25, -0.2) is 0 Å². The van der Waals surface area contributed by atoms with Gasteiger partial charge < -0.3 is 14.4 Å². The van der Waals surface area contributed by atoms with Crippen LogP contribution in [0.15, 0.2) is 54.6 Å². The van der Waals surface area contributed by atoms with Gasteiger partial charge in [0.1, 0.15) is 0 Å². The number of ether oxygens (including phenoxy) is 2. The van der Waals surface area contributed by atoms with E-state index >= 15 is 0 Å². The maximum Gasteiger partial charge on any atom is 0.231 e. The van der Waals surface area contributed by atoms with Crippen molar-refractivity contribution in [2.45, 2.75) is 12.8 Å². The molecular weight excluding hydrogens is 352 g/mol. The third kappa shape index (κ3) is 4.73. The summed E-state index contributed by atoms with van der Waals surface area (Å²) in [5, 5.41) is 0. The summed E-state index contributed by atoms with van der Waals surface area (Å²) in [5.74, 6) is 1.80. The molecular formula is C23H26N2O3. The molecule has 0 saturated carbocycles. The lowest BCUT2D eigenvalue weighted by molar-refractivity contribution is -0.132. The Morgan fingerprint density at radius 1 is 0.964 bits per heavy atom. The highest BCUT2D eigenvalue weighted by Crippen LogP contribution is 2.32. The number of hydrogen-bond donors (Lipinski definition) is 0. The number of fused-ring (bicyclic) bond motifs is 1. The predicted molar refractivity (Wildman–Crippen MR) is 109 cm³/mol. The van der Waals surface area contributed by atoms with Crippen LogP contribution in [0.3, 0.4) is 0 Å². The van der Waals surface area contributed by atoms with Gasteiger partial charge in [0.25, 0.3) is 0 Å². The van der Waals surface area contributed by atoms with E-state index in [4.69, 9.17) is 9.47 Å². The highest BCUT2D eigenvalue weighted by molar-refractivity contribution is 5.76. The van der Waals surface area contributed by atoms with Crippen molar-refractivity contribution < 1.29 is 14.3 Å². The van der Waals surface area contributed by atoms with Crippen molar-refractivity contribution in [3.05, 3.63) is 65.7 Å². The standard InChI is InChI=1S/C23H26N2O3/c26-23(11-9-20-8-10-21-22(17-20)28-18-27-21)25-15-13-24(14-16-25)12-4-7-19-5-2-1-3-6-19/h1-8,10,17H,9,11-16,18H2/b7-4+. The molecule has 1 fully saturated rings. The van der Waals surface area contributed by atoms with Crippen molar-refractivity contribution in [3.8, 4) is 11.5 Å².